The molecule has 8 nitrogen and oxygen atoms in total. The molecule has 2 fully saturated rings. The summed E-state index contributed by atoms with van der Waals surface area (Å²) in [4.78, 5) is 10.4. The van der Waals surface area contributed by atoms with Gasteiger partial charge in [0.15, 0.2) is 0 Å². The van der Waals surface area contributed by atoms with Crippen LogP contribution in [0.4, 0.5) is 30.5 Å². The number of ether oxygens (including phenoxy) is 1. The maximum atomic E-state index is 13.9. The largest absolute Gasteiger partial charge is 0.494 e. The zero-order chi connectivity index (χ0) is 27.7. The highest BCUT2D eigenvalue weighted by molar-refractivity contribution is 7.97. The standard InChI is InChI=1S/C25H34ClF3N6O2S/c1-34(38(3,4)36)21-7-5-6-16(21)12-19-17(25(27,28)29)15-31-24(32-19)33-20-13-18(26)22(14-23(20)37-2)35-10-8-30-9-11-35/h13-16,21,30H,3,5-12H2,1-2,4H3,(H,31,32,33)/t16-,21+,38?/m0/s1. The van der Waals surface area contributed by atoms with E-state index >= 15 is 0 Å². The molecule has 0 amide bonds. The van der Waals surface area contributed by atoms with Crippen LogP contribution in [0.2, 0.25) is 5.02 Å². The van der Waals surface area contributed by atoms with E-state index in [9.17, 15) is 17.4 Å². The van der Waals surface area contributed by atoms with Gasteiger partial charge >= 0.3 is 6.18 Å². The van der Waals surface area contributed by atoms with Crippen molar-refractivity contribution in [2.45, 2.75) is 37.9 Å². The van der Waals surface area contributed by atoms with E-state index in [-0.39, 0.29) is 30.0 Å². The number of alkyl halides is 3. The van der Waals surface area contributed by atoms with Crippen LogP contribution in [0.5, 0.6) is 5.75 Å². The number of anilines is 3. The minimum absolute atomic E-state index is 0.0108. The molecule has 210 valence electrons. The SMILES string of the molecule is C=S(C)(=O)N(C)[C@@H]1CCC[C@H]1Cc1nc(Nc2cc(Cl)c(N3CCNCC3)cc2OC)ncc1C(F)(F)F. The van der Waals surface area contributed by atoms with Crippen LogP contribution in [-0.2, 0) is 22.3 Å². The fraction of sp³-hybridized carbons (Fsp3) is 0.560. The zero-order valence-corrected chi connectivity index (χ0v) is 23.3. The molecule has 4 rings (SSSR count). The van der Waals surface area contributed by atoms with Gasteiger partial charge in [0.05, 0.1) is 34.8 Å². The number of piperazine rings is 1. The Balaban J connectivity index is 1.63. The minimum atomic E-state index is -4.61. The topological polar surface area (TPSA) is 82.6 Å². The van der Waals surface area contributed by atoms with Gasteiger partial charge in [0, 0.05) is 60.4 Å². The second kappa shape index (κ2) is 11.4. The molecule has 1 aliphatic carbocycles. The quantitative estimate of drug-likeness (QED) is 0.457. The van der Waals surface area contributed by atoms with Crippen molar-refractivity contribution in [2.24, 2.45) is 5.92 Å². The Morgan fingerprint density at radius 2 is 2.03 bits per heavy atom. The number of nitrogens with zero attached hydrogens (tertiary/aromatic N) is 4. The number of nitrogens with one attached hydrogen (secondary N) is 2. The Hall–Kier alpha value is -2.28. The number of hydrogen-bond acceptors (Lipinski definition) is 7. The summed E-state index contributed by atoms with van der Waals surface area (Å²) < 4.78 is 61.5. The average molecular weight is 575 g/mol. The fourth-order valence-electron chi connectivity index (χ4n) is 5.22. The second-order valence-corrected chi connectivity index (χ2v) is 12.8. The van der Waals surface area contributed by atoms with Crippen LogP contribution < -0.4 is 20.3 Å². The first-order valence-electron chi connectivity index (χ1n) is 12.5. The van der Waals surface area contributed by atoms with Crippen molar-refractivity contribution in [3.8, 4) is 5.75 Å². The van der Waals surface area contributed by atoms with E-state index in [2.05, 4.69) is 31.4 Å². The van der Waals surface area contributed by atoms with E-state index in [4.69, 9.17) is 16.3 Å². The Morgan fingerprint density at radius 1 is 1.32 bits per heavy atom. The summed E-state index contributed by atoms with van der Waals surface area (Å²) in [6, 6.07) is 3.34. The predicted molar refractivity (Wildman–Crippen MR) is 147 cm³/mol. The van der Waals surface area contributed by atoms with Gasteiger partial charge in [-0.25, -0.2) is 14.3 Å². The van der Waals surface area contributed by atoms with Gasteiger partial charge in [-0.15, -0.1) is 0 Å². The van der Waals surface area contributed by atoms with Crippen molar-refractivity contribution >= 4 is 44.5 Å². The first kappa shape index (κ1) is 28.7. The van der Waals surface area contributed by atoms with Gasteiger partial charge in [0.1, 0.15) is 5.75 Å². The number of methoxy groups -OCH3 is 1. The number of hydrogen-bond donors (Lipinski definition) is 2. The lowest BCUT2D eigenvalue weighted by atomic mass is 9.95. The Bertz CT molecular complexity index is 1250. The summed E-state index contributed by atoms with van der Waals surface area (Å²) in [5.74, 6) is 4.08. The van der Waals surface area contributed by atoms with Gasteiger partial charge in [-0.05, 0) is 44.2 Å². The molecule has 1 aliphatic heterocycles. The Morgan fingerprint density at radius 3 is 2.66 bits per heavy atom. The minimum Gasteiger partial charge on any atom is -0.494 e. The second-order valence-electron chi connectivity index (χ2n) is 9.89. The maximum Gasteiger partial charge on any atom is 0.419 e. The smallest absolute Gasteiger partial charge is 0.419 e. The van der Waals surface area contributed by atoms with Crippen molar-refractivity contribution in [1.82, 2.24) is 19.6 Å². The Labute approximate surface area is 227 Å². The summed E-state index contributed by atoms with van der Waals surface area (Å²) in [5, 5.41) is 6.78. The third-order valence-electron chi connectivity index (χ3n) is 7.30. The van der Waals surface area contributed by atoms with E-state index in [1.165, 1.54) is 7.11 Å². The van der Waals surface area contributed by atoms with Crippen LogP contribution in [0.25, 0.3) is 0 Å². The van der Waals surface area contributed by atoms with Crippen molar-refractivity contribution < 1.29 is 22.1 Å². The number of benzene rings is 1. The molecule has 0 spiro atoms. The van der Waals surface area contributed by atoms with Gasteiger partial charge < -0.3 is 20.3 Å². The van der Waals surface area contributed by atoms with Crippen LogP contribution >= 0.6 is 11.6 Å². The third-order valence-corrected chi connectivity index (χ3v) is 9.09. The lowest BCUT2D eigenvalue weighted by Crippen LogP contribution is -2.43. The number of rotatable bonds is 8. The van der Waals surface area contributed by atoms with Crippen LogP contribution in [0, 0.1) is 5.92 Å². The summed E-state index contributed by atoms with van der Waals surface area (Å²) in [6.45, 7) is 3.25. The molecule has 2 aromatic rings. The van der Waals surface area contributed by atoms with Gasteiger partial charge in [-0.3, -0.25) is 4.21 Å². The highest BCUT2D eigenvalue weighted by Gasteiger charge is 2.38. The summed E-state index contributed by atoms with van der Waals surface area (Å²) in [6.07, 6.45) is 0.121. The molecular formula is C25H34ClF3N6O2S. The number of aromatic nitrogens is 2. The van der Waals surface area contributed by atoms with Crippen LogP contribution in [-0.4, -0.2) is 77.0 Å². The van der Waals surface area contributed by atoms with Crippen LogP contribution in [0.1, 0.15) is 30.5 Å². The molecule has 3 atom stereocenters. The summed E-state index contributed by atoms with van der Waals surface area (Å²) in [7, 11) is 0.742. The molecule has 38 heavy (non-hydrogen) atoms. The fourth-order valence-corrected chi connectivity index (χ4v) is 6.35. The van der Waals surface area contributed by atoms with Crippen molar-refractivity contribution in [2.75, 3.05) is 56.8 Å². The average Bonchev–Trinajstić information content (AvgIpc) is 3.31. The normalized spacial score (nSPS) is 21.9. The van der Waals surface area contributed by atoms with Crippen LogP contribution in [0.3, 0.4) is 0 Å². The lowest BCUT2D eigenvalue weighted by molar-refractivity contribution is -0.138. The molecule has 1 saturated heterocycles. The van der Waals surface area contributed by atoms with Gasteiger partial charge in [-0.2, -0.15) is 13.2 Å². The first-order chi connectivity index (χ1) is 17.9. The Kier molecular flexibility index (Phi) is 8.65. The van der Waals surface area contributed by atoms with Gasteiger partial charge in [-0.1, -0.05) is 18.0 Å². The first-order valence-corrected chi connectivity index (χ1v) is 14.9. The van der Waals surface area contributed by atoms with Gasteiger partial charge in [0.2, 0.25) is 5.95 Å². The molecule has 1 aromatic heterocycles. The van der Waals surface area contributed by atoms with E-state index in [1.807, 2.05) is 0 Å². The molecular weight excluding hydrogens is 541 g/mol. The summed E-state index contributed by atoms with van der Waals surface area (Å²) in [5.41, 5.74) is 0.291. The third kappa shape index (κ3) is 6.47. The molecule has 2 N–H and O–H groups in total. The molecule has 2 aliphatic rings. The van der Waals surface area contributed by atoms with Crippen molar-refractivity contribution in [1.29, 1.82) is 0 Å². The molecule has 2 heterocycles. The van der Waals surface area contributed by atoms with Gasteiger partial charge in [0.25, 0.3) is 0 Å². The lowest BCUT2D eigenvalue weighted by Gasteiger charge is -2.31. The predicted octanol–water partition coefficient (Wildman–Crippen LogP) is 4.21. The monoisotopic (exact) mass is 574 g/mol. The van der Waals surface area contributed by atoms with Crippen LogP contribution in [0.15, 0.2) is 18.3 Å². The maximum absolute atomic E-state index is 13.9. The van der Waals surface area contributed by atoms with Crippen molar-refractivity contribution in [3.63, 3.8) is 0 Å². The molecule has 0 radical (unpaired) electrons. The molecule has 1 saturated carbocycles. The molecule has 1 unspecified atom stereocenters. The van der Waals surface area contributed by atoms with Crippen molar-refractivity contribution in [3.05, 3.63) is 34.6 Å². The van der Waals surface area contributed by atoms with E-state index in [0.29, 0.717) is 22.9 Å². The van der Waals surface area contributed by atoms with E-state index in [0.717, 1.165) is 50.9 Å². The molecule has 0 bridgehead atoms. The zero-order valence-electron chi connectivity index (χ0n) is 21.8. The summed E-state index contributed by atoms with van der Waals surface area (Å²) >= 11 is 6.59. The number of halogens is 4. The molecule has 1 aromatic carbocycles. The highest BCUT2D eigenvalue weighted by Crippen LogP contribution is 2.40. The van der Waals surface area contributed by atoms with E-state index < -0.39 is 21.4 Å². The molecule has 13 heteroatoms. The van der Waals surface area contributed by atoms with E-state index in [1.54, 1.807) is 29.7 Å². The highest BCUT2D eigenvalue weighted by atomic mass is 35.5.